The van der Waals surface area contributed by atoms with Crippen LogP contribution in [0.3, 0.4) is 0 Å². The number of aromatic nitrogens is 4. The van der Waals surface area contributed by atoms with E-state index >= 15 is 0 Å². The highest BCUT2D eigenvalue weighted by atomic mass is 16.6. The van der Waals surface area contributed by atoms with Gasteiger partial charge in [0.25, 0.3) is 5.56 Å². The molecule has 3 aliphatic rings. The van der Waals surface area contributed by atoms with Crippen molar-refractivity contribution in [3.63, 3.8) is 0 Å². The SMILES string of the molecule is CC(=O)c1c(C)c2cnc(Nc3ccc(N4CCN(CCCC5CCN(C(=O)OC(C)(C)C)CC5)CC4)cn3)nc2n(C2CCCC2)c1=O. The summed E-state index contributed by atoms with van der Waals surface area (Å²) in [6.45, 7) is 15.6. The molecular weight excluding hydrogens is 620 g/mol. The molecule has 6 rings (SSSR count). The number of anilines is 3. The lowest BCUT2D eigenvalue weighted by Crippen LogP contribution is -2.46. The van der Waals surface area contributed by atoms with E-state index in [4.69, 9.17) is 9.72 Å². The molecule has 1 amide bonds. The number of rotatable bonds is 9. The van der Waals surface area contributed by atoms with Gasteiger partial charge in [0, 0.05) is 56.9 Å². The van der Waals surface area contributed by atoms with E-state index in [0.717, 1.165) is 95.4 Å². The number of carbonyl (C=O) groups is 2. The van der Waals surface area contributed by atoms with E-state index in [1.807, 2.05) is 37.9 Å². The number of pyridine rings is 2. The number of amides is 1. The average molecular weight is 673 g/mol. The summed E-state index contributed by atoms with van der Waals surface area (Å²) in [5, 5.41) is 3.95. The first-order valence-electron chi connectivity index (χ1n) is 18.1. The van der Waals surface area contributed by atoms with Gasteiger partial charge in [0.1, 0.15) is 17.1 Å². The van der Waals surface area contributed by atoms with Crippen LogP contribution in [0.5, 0.6) is 0 Å². The van der Waals surface area contributed by atoms with Crippen LogP contribution in [0.15, 0.2) is 29.3 Å². The second-order valence-electron chi connectivity index (χ2n) is 15.0. The Hall–Kier alpha value is -4.06. The zero-order valence-corrected chi connectivity index (χ0v) is 29.8. The highest BCUT2D eigenvalue weighted by Crippen LogP contribution is 2.32. The smallest absolute Gasteiger partial charge is 0.410 e. The van der Waals surface area contributed by atoms with Crippen LogP contribution >= 0.6 is 0 Å². The van der Waals surface area contributed by atoms with Crippen LogP contribution in [-0.2, 0) is 4.74 Å². The lowest BCUT2D eigenvalue weighted by Gasteiger charge is -2.36. The van der Waals surface area contributed by atoms with Gasteiger partial charge in [-0.15, -0.1) is 0 Å². The van der Waals surface area contributed by atoms with E-state index in [0.29, 0.717) is 28.9 Å². The third kappa shape index (κ3) is 8.22. The van der Waals surface area contributed by atoms with Gasteiger partial charge >= 0.3 is 6.09 Å². The summed E-state index contributed by atoms with van der Waals surface area (Å²) >= 11 is 0. The van der Waals surface area contributed by atoms with Crippen LogP contribution in [-0.4, -0.2) is 92.6 Å². The van der Waals surface area contributed by atoms with Crippen molar-refractivity contribution >= 4 is 40.4 Å². The van der Waals surface area contributed by atoms with Crippen LogP contribution in [0.25, 0.3) is 11.0 Å². The number of piperazine rings is 1. The fraction of sp³-hybridized carbons (Fsp3) is 0.622. The van der Waals surface area contributed by atoms with Crippen molar-refractivity contribution in [1.82, 2.24) is 29.3 Å². The molecule has 0 aromatic carbocycles. The lowest BCUT2D eigenvalue weighted by atomic mass is 9.92. The average Bonchev–Trinajstić information content (AvgIpc) is 3.59. The Kier molecular flexibility index (Phi) is 10.5. The predicted molar refractivity (Wildman–Crippen MR) is 192 cm³/mol. The van der Waals surface area contributed by atoms with Gasteiger partial charge in [-0.1, -0.05) is 12.8 Å². The third-order valence-corrected chi connectivity index (χ3v) is 10.3. The molecule has 1 saturated carbocycles. The zero-order valence-electron chi connectivity index (χ0n) is 29.8. The standard InChI is InChI=1S/C37H52N8O4/c1-25-30-24-39-35(41-33(30)45(28-10-6-7-11-28)34(47)32(25)26(2)46)40-31-13-12-29(23-38-31)43-21-19-42(20-22-43)16-8-9-27-14-17-44(18-15-27)36(48)49-37(3,4)5/h12-13,23-24,27-28H,6-11,14-22H2,1-5H3,(H,38,39,40,41). The molecule has 1 N–H and O–H groups in total. The molecule has 0 atom stereocenters. The molecule has 0 spiro atoms. The Labute approximate surface area is 289 Å². The summed E-state index contributed by atoms with van der Waals surface area (Å²) in [4.78, 5) is 59.1. The van der Waals surface area contributed by atoms with Gasteiger partial charge in [-0.3, -0.25) is 19.1 Å². The molecule has 12 nitrogen and oxygen atoms in total. The van der Waals surface area contributed by atoms with E-state index < -0.39 is 5.60 Å². The first-order valence-corrected chi connectivity index (χ1v) is 18.1. The van der Waals surface area contributed by atoms with Gasteiger partial charge in [-0.25, -0.2) is 14.8 Å². The maximum atomic E-state index is 13.5. The number of piperidine rings is 1. The Balaban J connectivity index is 0.994. The molecule has 0 bridgehead atoms. The number of hydrogen-bond acceptors (Lipinski definition) is 10. The number of likely N-dealkylation sites (tertiary alicyclic amines) is 1. The van der Waals surface area contributed by atoms with E-state index in [9.17, 15) is 14.4 Å². The van der Waals surface area contributed by atoms with Crippen LogP contribution in [0.2, 0.25) is 0 Å². The van der Waals surface area contributed by atoms with E-state index in [2.05, 4.69) is 31.2 Å². The number of aryl methyl sites for hydroxylation is 1. The van der Waals surface area contributed by atoms with Gasteiger partial charge in [0.2, 0.25) is 5.95 Å². The van der Waals surface area contributed by atoms with Gasteiger partial charge in [0.05, 0.1) is 17.4 Å². The van der Waals surface area contributed by atoms with Crippen molar-refractivity contribution in [2.45, 2.75) is 97.6 Å². The van der Waals surface area contributed by atoms with Crippen LogP contribution in [0.1, 0.15) is 101 Å². The molecule has 3 aromatic rings. The Bertz CT molecular complexity index is 1690. The molecule has 3 aromatic heterocycles. The molecule has 3 fully saturated rings. The van der Waals surface area contributed by atoms with Crippen molar-refractivity contribution in [3.05, 3.63) is 46.0 Å². The molecule has 5 heterocycles. The molecular formula is C37H52N8O4. The number of carbonyl (C=O) groups excluding carboxylic acids is 2. The maximum absolute atomic E-state index is 13.5. The van der Waals surface area contributed by atoms with Gasteiger partial charge in [0.15, 0.2) is 5.78 Å². The lowest BCUT2D eigenvalue weighted by molar-refractivity contribution is 0.0179. The van der Waals surface area contributed by atoms with Gasteiger partial charge in [-0.2, -0.15) is 4.98 Å². The number of ether oxygens (including phenoxy) is 1. The number of ketones is 1. The normalized spacial score (nSPS) is 18.3. The minimum absolute atomic E-state index is 0.0324. The summed E-state index contributed by atoms with van der Waals surface area (Å²) in [7, 11) is 0. The molecule has 49 heavy (non-hydrogen) atoms. The number of Topliss-reactive ketones (excluding diaryl/α,β-unsaturated/α-hetero) is 1. The van der Waals surface area contributed by atoms with Crippen molar-refractivity contribution in [2.24, 2.45) is 5.92 Å². The number of nitrogens with one attached hydrogen (secondary N) is 1. The number of fused-ring (bicyclic) bond motifs is 1. The first kappa shape index (κ1) is 34.8. The summed E-state index contributed by atoms with van der Waals surface area (Å²) in [6.07, 6.45) is 11.8. The maximum Gasteiger partial charge on any atom is 0.410 e. The zero-order chi connectivity index (χ0) is 34.7. The van der Waals surface area contributed by atoms with Crippen molar-refractivity contribution in [2.75, 3.05) is 56.0 Å². The molecule has 1 aliphatic carbocycles. The van der Waals surface area contributed by atoms with E-state index in [-0.39, 0.29) is 29.0 Å². The Morgan fingerprint density at radius 2 is 1.67 bits per heavy atom. The van der Waals surface area contributed by atoms with E-state index in [1.165, 1.54) is 19.8 Å². The quantitative estimate of drug-likeness (QED) is 0.266. The summed E-state index contributed by atoms with van der Waals surface area (Å²) in [5.41, 5.74) is 1.81. The summed E-state index contributed by atoms with van der Waals surface area (Å²) < 4.78 is 7.26. The largest absolute Gasteiger partial charge is 0.444 e. The Morgan fingerprint density at radius 1 is 0.959 bits per heavy atom. The van der Waals surface area contributed by atoms with Gasteiger partial charge in [-0.05, 0) is 103 Å². The Morgan fingerprint density at radius 3 is 2.31 bits per heavy atom. The van der Waals surface area contributed by atoms with Crippen LogP contribution in [0.4, 0.5) is 22.2 Å². The molecule has 264 valence electrons. The monoisotopic (exact) mass is 672 g/mol. The van der Waals surface area contributed by atoms with Crippen LogP contribution in [0, 0.1) is 12.8 Å². The topological polar surface area (TPSA) is 126 Å². The highest BCUT2D eigenvalue weighted by molar-refractivity contribution is 5.99. The fourth-order valence-corrected chi connectivity index (χ4v) is 7.63. The summed E-state index contributed by atoms with van der Waals surface area (Å²) in [5.74, 6) is 1.45. The highest BCUT2D eigenvalue weighted by Gasteiger charge is 2.28. The minimum atomic E-state index is -0.448. The number of nitrogens with zero attached hydrogens (tertiary/aromatic N) is 7. The number of hydrogen-bond donors (Lipinski definition) is 1. The van der Waals surface area contributed by atoms with Crippen molar-refractivity contribution in [3.8, 4) is 0 Å². The molecule has 0 radical (unpaired) electrons. The van der Waals surface area contributed by atoms with Gasteiger partial charge < -0.3 is 19.9 Å². The summed E-state index contributed by atoms with van der Waals surface area (Å²) in [6, 6.07) is 4.05. The molecule has 12 heteroatoms. The second kappa shape index (κ2) is 14.8. The van der Waals surface area contributed by atoms with Crippen molar-refractivity contribution < 1.29 is 14.3 Å². The predicted octanol–water partition coefficient (Wildman–Crippen LogP) is 6.11. The fourth-order valence-electron chi connectivity index (χ4n) is 7.63. The van der Waals surface area contributed by atoms with Crippen LogP contribution < -0.4 is 15.8 Å². The first-order chi connectivity index (χ1) is 23.5. The minimum Gasteiger partial charge on any atom is -0.444 e. The second-order valence-corrected chi connectivity index (χ2v) is 15.0. The van der Waals surface area contributed by atoms with E-state index in [1.54, 1.807) is 17.7 Å². The molecule has 2 aliphatic heterocycles. The third-order valence-electron chi connectivity index (χ3n) is 10.3. The molecule has 2 saturated heterocycles. The van der Waals surface area contributed by atoms with Crippen molar-refractivity contribution in [1.29, 1.82) is 0 Å². The molecule has 0 unspecified atom stereocenters.